The Hall–Kier alpha value is -2.43. The maximum Gasteiger partial charge on any atom is 2.00 e. The van der Waals surface area contributed by atoms with E-state index in [4.69, 9.17) is 0 Å². The van der Waals surface area contributed by atoms with Crippen molar-refractivity contribution in [1.29, 1.82) is 0 Å². The molecule has 0 heterocycles. The molecule has 0 amide bonds. The third-order valence-corrected chi connectivity index (χ3v) is 3.58. The van der Waals surface area contributed by atoms with Crippen molar-refractivity contribution in [2.45, 2.75) is 13.8 Å². The Balaban J connectivity index is 0.000000526. The molecule has 3 rings (SSSR count). The Morgan fingerprint density at radius 1 is 1.11 bits per heavy atom. The largest absolute Gasteiger partial charge is 2.00 e. The molecule has 27 heavy (non-hydrogen) atoms. The number of benzene rings is 1. The van der Waals surface area contributed by atoms with E-state index in [0.29, 0.717) is 5.56 Å². The summed E-state index contributed by atoms with van der Waals surface area (Å²) >= 11 is 0. The minimum absolute atomic E-state index is 0. The van der Waals surface area contributed by atoms with Crippen LogP contribution in [0.1, 0.15) is 16.7 Å². The average molecular weight is 408 g/mol. The maximum atomic E-state index is 12.5. The Kier molecular flexibility index (Phi) is 9.48. The molecule has 2 nitrogen and oxygen atoms in total. The van der Waals surface area contributed by atoms with Crippen LogP contribution in [0.3, 0.4) is 0 Å². The van der Waals surface area contributed by atoms with Crippen molar-refractivity contribution < 1.29 is 35.5 Å². The van der Waals surface area contributed by atoms with Crippen molar-refractivity contribution in [2.24, 2.45) is 0 Å². The summed E-state index contributed by atoms with van der Waals surface area (Å²) in [6.45, 7) is 3.47. The molecule has 0 aliphatic heterocycles. The Morgan fingerprint density at radius 2 is 1.74 bits per heavy atom. The van der Waals surface area contributed by atoms with Gasteiger partial charge >= 0.3 is 24.5 Å². The molecule has 0 bridgehead atoms. The van der Waals surface area contributed by atoms with Crippen LogP contribution in [0, 0.1) is 13.8 Å². The summed E-state index contributed by atoms with van der Waals surface area (Å²) in [5, 5.41) is 12.3. The second-order valence-corrected chi connectivity index (χ2v) is 5.71. The van der Waals surface area contributed by atoms with E-state index in [1.165, 1.54) is 12.1 Å². The monoisotopic (exact) mass is 408 g/mol. The fraction of sp³-hybridized carbons (Fsp3) is 0.0952. The number of aryl methyl sites for hydroxylation is 2. The van der Waals surface area contributed by atoms with E-state index in [2.05, 4.69) is 4.65 Å². The quantitative estimate of drug-likeness (QED) is 0.415. The normalized spacial score (nSPS) is 12.1. The van der Waals surface area contributed by atoms with Gasteiger partial charge < -0.3 is 9.76 Å². The van der Waals surface area contributed by atoms with Gasteiger partial charge in [-0.2, -0.15) is 18.2 Å². The van der Waals surface area contributed by atoms with Gasteiger partial charge in [0.05, 0.1) is 0 Å². The maximum absolute atomic E-state index is 12.5. The zero-order valence-corrected chi connectivity index (χ0v) is 16.1. The van der Waals surface area contributed by atoms with E-state index >= 15 is 0 Å². The van der Waals surface area contributed by atoms with Crippen LogP contribution in [0.5, 0.6) is 5.75 Å². The molecule has 0 spiro atoms. The van der Waals surface area contributed by atoms with Crippen LogP contribution in [0.25, 0.3) is 5.76 Å². The van der Waals surface area contributed by atoms with Crippen LogP contribution in [-0.2, 0) is 17.1 Å². The van der Waals surface area contributed by atoms with Crippen LogP contribution in [0.2, 0.25) is 0 Å². The van der Waals surface area contributed by atoms with Crippen molar-refractivity contribution in [1.82, 2.24) is 0 Å². The van der Waals surface area contributed by atoms with Crippen molar-refractivity contribution in [3.63, 3.8) is 0 Å². The van der Waals surface area contributed by atoms with Crippen molar-refractivity contribution >= 4 is 13.2 Å². The van der Waals surface area contributed by atoms with Crippen LogP contribution >= 0.6 is 0 Å². The number of rotatable bonds is 4. The van der Waals surface area contributed by atoms with E-state index in [1.54, 1.807) is 26.0 Å². The first-order valence-corrected chi connectivity index (χ1v) is 8.14. The first kappa shape index (κ1) is 22.6. The van der Waals surface area contributed by atoms with Gasteiger partial charge in [-0.25, -0.2) is 20.8 Å². The molecule has 140 valence electrons. The molecule has 1 aliphatic carbocycles. The number of hydrogen-bond acceptors (Lipinski definition) is 2. The van der Waals surface area contributed by atoms with Crippen LogP contribution in [0.4, 0.5) is 8.63 Å². The third-order valence-electron chi connectivity index (χ3n) is 3.58. The predicted molar refractivity (Wildman–Crippen MR) is 101 cm³/mol. The van der Waals surface area contributed by atoms with E-state index in [1.807, 2.05) is 54.6 Å². The van der Waals surface area contributed by atoms with Crippen LogP contribution < -0.4 is 9.76 Å². The zero-order chi connectivity index (χ0) is 18.9. The Morgan fingerprint density at radius 3 is 2.26 bits per heavy atom. The van der Waals surface area contributed by atoms with Crippen LogP contribution in [-0.4, -0.2) is 7.47 Å². The fourth-order valence-corrected chi connectivity index (χ4v) is 2.51. The van der Waals surface area contributed by atoms with Crippen LogP contribution in [0.15, 0.2) is 84.5 Å². The summed E-state index contributed by atoms with van der Waals surface area (Å²) in [6.07, 6.45) is 10.4. The summed E-state index contributed by atoms with van der Waals surface area (Å²) < 4.78 is 29.4. The Labute approximate surface area is 169 Å². The topological polar surface area (TPSA) is 32.3 Å². The van der Waals surface area contributed by atoms with Gasteiger partial charge in [0.25, 0.3) is 0 Å². The molecule has 0 unspecified atom stereocenters. The van der Waals surface area contributed by atoms with Gasteiger partial charge in [-0.15, -0.1) is 0 Å². The fourth-order valence-electron chi connectivity index (χ4n) is 2.51. The van der Waals surface area contributed by atoms with Gasteiger partial charge in [0.15, 0.2) is 0 Å². The molecular weight excluding hydrogens is 389 g/mol. The molecule has 0 radical (unpaired) electrons. The number of halogens is 2. The standard InChI is InChI=1S/C16H15BF2O2.C5H5.Fe/c1-11-9-12(2)16(15(10-11)21-17(18)19)14(20)8-7-13-5-3-4-6-13;1-2-4-5-3-1;/h3-10,20H,1-2H3;1-5H;/q;-1;+2/p-1. The van der Waals surface area contributed by atoms with Crippen molar-refractivity contribution in [2.75, 3.05) is 0 Å². The summed E-state index contributed by atoms with van der Waals surface area (Å²) in [7, 11) is -2.96. The molecule has 0 N–H and O–H groups in total. The average Bonchev–Trinajstić information content (AvgIpc) is 3.28. The summed E-state index contributed by atoms with van der Waals surface area (Å²) in [6, 6.07) is 13.2. The van der Waals surface area contributed by atoms with Gasteiger partial charge in [-0.3, -0.25) is 0 Å². The predicted octanol–water partition coefficient (Wildman–Crippen LogP) is 4.76. The molecule has 0 atom stereocenters. The van der Waals surface area contributed by atoms with Crippen molar-refractivity contribution in [3.8, 4) is 5.75 Å². The number of hydrogen-bond donors (Lipinski definition) is 0. The molecule has 0 aromatic heterocycles. The molecule has 1 aliphatic rings. The Bertz CT molecular complexity index is 807. The molecule has 6 heteroatoms. The minimum Gasteiger partial charge on any atom is -0.872 e. The first-order chi connectivity index (χ1) is 12.5. The van der Waals surface area contributed by atoms with Gasteiger partial charge in [-0.1, -0.05) is 48.3 Å². The van der Waals surface area contributed by atoms with Gasteiger partial charge in [0, 0.05) is 5.56 Å². The van der Waals surface area contributed by atoms with Gasteiger partial charge in [0.1, 0.15) is 5.75 Å². The van der Waals surface area contributed by atoms with Gasteiger partial charge in [0.2, 0.25) is 0 Å². The molecule has 0 fully saturated rings. The first-order valence-electron chi connectivity index (χ1n) is 8.14. The van der Waals surface area contributed by atoms with E-state index in [-0.39, 0.29) is 34.1 Å². The summed E-state index contributed by atoms with van der Waals surface area (Å²) in [5.41, 5.74) is 2.43. The second-order valence-electron chi connectivity index (χ2n) is 5.71. The zero-order valence-electron chi connectivity index (χ0n) is 15.0. The molecule has 0 saturated heterocycles. The van der Waals surface area contributed by atoms with E-state index in [9.17, 15) is 13.7 Å². The second kappa shape index (κ2) is 11.3. The molecular formula is C21H19BF2FeO2. The molecule has 2 aromatic rings. The van der Waals surface area contributed by atoms with Gasteiger partial charge in [-0.05, 0) is 36.6 Å². The summed E-state index contributed by atoms with van der Waals surface area (Å²) in [5.74, 6) is -0.441. The van der Waals surface area contributed by atoms with E-state index in [0.717, 1.165) is 11.1 Å². The van der Waals surface area contributed by atoms with E-state index < -0.39 is 7.47 Å². The van der Waals surface area contributed by atoms with Crippen molar-refractivity contribution in [3.05, 3.63) is 101 Å². The minimum atomic E-state index is -2.96. The third kappa shape index (κ3) is 7.37. The molecule has 2 aromatic carbocycles. The summed E-state index contributed by atoms with van der Waals surface area (Å²) in [4.78, 5) is 0. The smallest absolute Gasteiger partial charge is 0.872 e. The molecule has 0 saturated carbocycles. The number of allylic oxidation sites excluding steroid dienone is 7. The SMILES string of the molecule is Cc1cc(C)c(C([O-])=CC=C2C=CC=C2)c(OB(F)F)c1.[Fe+2].c1cc[cH-]c1.